The van der Waals surface area contributed by atoms with Crippen molar-refractivity contribution in [2.45, 2.75) is 6.92 Å². The Morgan fingerprint density at radius 1 is 1.36 bits per heavy atom. The number of hydrogen-bond donors (Lipinski definition) is 0. The Kier molecular flexibility index (Phi) is 2.72. The summed E-state index contributed by atoms with van der Waals surface area (Å²) in [4.78, 5) is 13.7. The fourth-order valence-corrected chi connectivity index (χ4v) is 2.88. The van der Waals surface area contributed by atoms with Crippen molar-refractivity contribution < 1.29 is 4.79 Å². The summed E-state index contributed by atoms with van der Waals surface area (Å²) in [7, 11) is 0. The van der Waals surface area contributed by atoms with Crippen molar-refractivity contribution in [1.82, 2.24) is 0 Å². The van der Waals surface area contributed by atoms with Crippen LogP contribution in [0.1, 0.15) is 20.1 Å². The first-order valence-corrected chi connectivity index (χ1v) is 6.10. The summed E-state index contributed by atoms with van der Waals surface area (Å²) < 4.78 is 0.654. The molecule has 1 nitrogen and oxygen atoms in total. The molecule has 0 aliphatic rings. The summed E-state index contributed by atoms with van der Waals surface area (Å²) in [5.41, 5.74) is 0.786. The molecule has 4 heteroatoms. The minimum Gasteiger partial charge on any atom is -0.288 e. The number of thiophene rings is 2. The minimum absolute atomic E-state index is 0.0700. The normalized spacial score (nSPS) is 10.4. The number of halogens is 1. The number of carbonyl (C=O) groups excluding carboxylic acids is 1. The molecule has 0 atom stereocenters. The van der Waals surface area contributed by atoms with Crippen LogP contribution in [0.4, 0.5) is 0 Å². The molecule has 2 heterocycles. The number of ketones is 1. The summed E-state index contributed by atoms with van der Waals surface area (Å²) in [5.74, 6) is 0.0700. The predicted octanol–water partition coefficient (Wildman–Crippen LogP) is 4.00. The highest BCUT2D eigenvalue weighted by Crippen LogP contribution is 2.26. The molecule has 2 aromatic rings. The molecule has 0 unspecified atom stereocenters. The van der Waals surface area contributed by atoms with Gasteiger partial charge < -0.3 is 0 Å². The third-order valence-electron chi connectivity index (χ3n) is 1.90. The fraction of sp³-hybridized carbons (Fsp3) is 0.100. The Labute approximate surface area is 95.0 Å². The van der Waals surface area contributed by atoms with Gasteiger partial charge in [-0.05, 0) is 30.5 Å². The van der Waals surface area contributed by atoms with Crippen molar-refractivity contribution in [1.29, 1.82) is 0 Å². The molecule has 0 amide bonds. The van der Waals surface area contributed by atoms with Gasteiger partial charge in [-0.1, -0.05) is 11.6 Å². The summed E-state index contributed by atoms with van der Waals surface area (Å²) in [6, 6.07) is 5.38. The molecule has 0 saturated carbocycles. The van der Waals surface area contributed by atoms with Gasteiger partial charge in [0.05, 0.1) is 9.21 Å². The smallest absolute Gasteiger partial charge is 0.204 e. The monoisotopic (exact) mass is 242 g/mol. The molecule has 0 bridgehead atoms. The molecule has 14 heavy (non-hydrogen) atoms. The van der Waals surface area contributed by atoms with Gasteiger partial charge in [0.25, 0.3) is 0 Å². The van der Waals surface area contributed by atoms with E-state index in [4.69, 9.17) is 11.6 Å². The molecule has 0 N–H and O–H groups in total. The summed E-state index contributed by atoms with van der Waals surface area (Å²) in [6.45, 7) is 1.95. The molecule has 2 rings (SSSR count). The highest BCUT2D eigenvalue weighted by Gasteiger charge is 2.14. The molecule has 0 radical (unpaired) electrons. The van der Waals surface area contributed by atoms with E-state index < -0.39 is 0 Å². The lowest BCUT2D eigenvalue weighted by atomic mass is 10.1. The average molecular weight is 243 g/mol. The quantitative estimate of drug-likeness (QED) is 0.728. The van der Waals surface area contributed by atoms with Crippen molar-refractivity contribution in [2.24, 2.45) is 0 Å². The third-order valence-corrected chi connectivity index (χ3v) is 3.98. The standard InChI is InChI=1S/C10H7ClOS2/c1-6-7(4-5-13-6)10(12)8-2-3-9(11)14-8/h2-5H,1H3. The zero-order valence-electron chi connectivity index (χ0n) is 7.41. The maximum absolute atomic E-state index is 11.9. The van der Waals surface area contributed by atoms with Crippen LogP contribution >= 0.6 is 34.3 Å². The van der Waals surface area contributed by atoms with Gasteiger partial charge >= 0.3 is 0 Å². The lowest BCUT2D eigenvalue weighted by Crippen LogP contribution is -1.97. The molecule has 0 saturated heterocycles. The van der Waals surface area contributed by atoms with E-state index >= 15 is 0 Å². The third kappa shape index (κ3) is 1.75. The Morgan fingerprint density at radius 3 is 2.64 bits per heavy atom. The number of rotatable bonds is 2. The lowest BCUT2D eigenvalue weighted by molar-refractivity contribution is 0.104. The summed E-state index contributed by atoms with van der Waals surface area (Å²) in [5, 5.41) is 1.93. The van der Waals surface area contributed by atoms with E-state index in [-0.39, 0.29) is 5.78 Å². The van der Waals surface area contributed by atoms with E-state index in [1.807, 2.05) is 18.4 Å². The van der Waals surface area contributed by atoms with Gasteiger partial charge in [-0.3, -0.25) is 4.79 Å². The Hall–Kier alpha value is -0.640. The zero-order chi connectivity index (χ0) is 10.1. The fourth-order valence-electron chi connectivity index (χ4n) is 1.19. The van der Waals surface area contributed by atoms with Gasteiger partial charge in [-0.15, -0.1) is 22.7 Å². The van der Waals surface area contributed by atoms with Crippen molar-refractivity contribution in [2.75, 3.05) is 0 Å². The second-order valence-corrected chi connectivity index (χ2v) is 5.66. The van der Waals surface area contributed by atoms with E-state index in [0.717, 1.165) is 10.4 Å². The van der Waals surface area contributed by atoms with Gasteiger partial charge in [0.1, 0.15) is 0 Å². The second-order valence-electron chi connectivity index (χ2n) is 2.82. The molecule has 0 aliphatic heterocycles. The van der Waals surface area contributed by atoms with Crippen LogP contribution in [0.25, 0.3) is 0 Å². The molecular formula is C10H7ClOS2. The van der Waals surface area contributed by atoms with Gasteiger partial charge in [0.15, 0.2) is 0 Å². The average Bonchev–Trinajstić information content (AvgIpc) is 2.73. The van der Waals surface area contributed by atoms with Crippen LogP contribution in [0.3, 0.4) is 0 Å². The first kappa shape index (κ1) is 9.90. The largest absolute Gasteiger partial charge is 0.288 e. The first-order chi connectivity index (χ1) is 6.68. The van der Waals surface area contributed by atoms with Crippen LogP contribution in [-0.4, -0.2) is 5.78 Å². The van der Waals surface area contributed by atoms with Crippen LogP contribution in [0, 0.1) is 6.92 Å². The van der Waals surface area contributed by atoms with E-state index in [1.54, 1.807) is 23.5 Å². The Morgan fingerprint density at radius 2 is 2.14 bits per heavy atom. The van der Waals surface area contributed by atoms with Crippen LogP contribution < -0.4 is 0 Å². The van der Waals surface area contributed by atoms with Crippen LogP contribution in [0.15, 0.2) is 23.6 Å². The van der Waals surface area contributed by atoms with E-state index in [2.05, 4.69) is 0 Å². The van der Waals surface area contributed by atoms with Crippen LogP contribution in [0.5, 0.6) is 0 Å². The van der Waals surface area contributed by atoms with Crippen LogP contribution in [0.2, 0.25) is 4.34 Å². The number of hydrogen-bond acceptors (Lipinski definition) is 3. The molecular weight excluding hydrogens is 236 g/mol. The Bertz CT molecular complexity index is 470. The molecule has 2 aromatic heterocycles. The molecule has 0 spiro atoms. The summed E-state index contributed by atoms with van der Waals surface area (Å²) in [6.07, 6.45) is 0. The van der Waals surface area contributed by atoms with E-state index in [9.17, 15) is 4.79 Å². The van der Waals surface area contributed by atoms with Crippen molar-refractivity contribution in [3.63, 3.8) is 0 Å². The topological polar surface area (TPSA) is 17.1 Å². The lowest BCUT2D eigenvalue weighted by Gasteiger charge is -1.94. The number of aryl methyl sites for hydroxylation is 1. The van der Waals surface area contributed by atoms with Crippen molar-refractivity contribution in [3.05, 3.63) is 43.2 Å². The number of carbonyl (C=O) groups is 1. The van der Waals surface area contributed by atoms with Crippen molar-refractivity contribution in [3.8, 4) is 0 Å². The molecule has 0 aromatic carbocycles. The maximum atomic E-state index is 11.9. The van der Waals surface area contributed by atoms with Gasteiger partial charge in [0.2, 0.25) is 5.78 Å². The maximum Gasteiger partial charge on any atom is 0.204 e. The van der Waals surface area contributed by atoms with Gasteiger partial charge in [-0.2, -0.15) is 0 Å². The zero-order valence-corrected chi connectivity index (χ0v) is 9.80. The Balaban J connectivity index is 2.38. The van der Waals surface area contributed by atoms with Crippen LogP contribution in [-0.2, 0) is 0 Å². The van der Waals surface area contributed by atoms with Crippen molar-refractivity contribution >= 4 is 40.1 Å². The van der Waals surface area contributed by atoms with Gasteiger partial charge in [-0.25, -0.2) is 0 Å². The first-order valence-electron chi connectivity index (χ1n) is 4.02. The van der Waals surface area contributed by atoms with E-state index in [1.165, 1.54) is 11.3 Å². The second kappa shape index (κ2) is 3.85. The summed E-state index contributed by atoms with van der Waals surface area (Å²) >= 11 is 8.68. The molecule has 0 fully saturated rings. The highest BCUT2D eigenvalue weighted by molar-refractivity contribution is 7.18. The SMILES string of the molecule is Cc1sccc1C(=O)c1ccc(Cl)s1. The highest BCUT2D eigenvalue weighted by atomic mass is 35.5. The molecule has 72 valence electrons. The minimum atomic E-state index is 0.0700. The molecule has 0 aliphatic carbocycles. The van der Waals surface area contributed by atoms with Gasteiger partial charge in [0, 0.05) is 10.4 Å². The van der Waals surface area contributed by atoms with E-state index in [0.29, 0.717) is 9.21 Å². The predicted molar refractivity (Wildman–Crippen MR) is 61.8 cm³/mol.